The summed E-state index contributed by atoms with van der Waals surface area (Å²) >= 11 is 0. The molecule has 3 N–H and O–H groups in total. The standard InChI is InChI=1S/C8H10N2O3/c11-5-3-6-2-1-4-9-7(6)10-8(12)13/h1-2,4,11H,3,5H2,(H,9,10)(H,12,13). The van der Waals surface area contributed by atoms with E-state index in [-0.39, 0.29) is 12.4 Å². The summed E-state index contributed by atoms with van der Waals surface area (Å²) in [5.41, 5.74) is 0.687. The number of hydrogen-bond donors (Lipinski definition) is 3. The van der Waals surface area contributed by atoms with Gasteiger partial charge in [0.15, 0.2) is 0 Å². The van der Waals surface area contributed by atoms with E-state index in [1.165, 1.54) is 6.20 Å². The highest BCUT2D eigenvalue weighted by atomic mass is 16.4. The van der Waals surface area contributed by atoms with Crippen LogP contribution in [0.1, 0.15) is 5.56 Å². The molecule has 0 bridgehead atoms. The third-order valence-electron chi connectivity index (χ3n) is 1.50. The van der Waals surface area contributed by atoms with Crippen LogP contribution in [0.4, 0.5) is 10.6 Å². The van der Waals surface area contributed by atoms with Gasteiger partial charge in [0.25, 0.3) is 0 Å². The second-order valence-corrected chi connectivity index (χ2v) is 2.41. The minimum absolute atomic E-state index is 0.0278. The molecule has 13 heavy (non-hydrogen) atoms. The van der Waals surface area contributed by atoms with Crippen molar-refractivity contribution >= 4 is 11.9 Å². The third-order valence-corrected chi connectivity index (χ3v) is 1.50. The zero-order valence-electron chi connectivity index (χ0n) is 6.90. The number of aliphatic hydroxyl groups excluding tert-OH is 1. The average molecular weight is 182 g/mol. The highest BCUT2D eigenvalue weighted by molar-refractivity contribution is 5.82. The van der Waals surface area contributed by atoms with Crippen LogP contribution in [0.25, 0.3) is 0 Å². The molecule has 0 fully saturated rings. The van der Waals surface area contributed by atoms with E-state index < -0.39 is 6.09 Å². The minimum Gasteiger partial charge on any atom is -0.465 e. The second kappa shape index (κ2) is 4.42. The van der Waals surface area contributed by atoms with Gasteiger partial charge in [-0.2, -0.15) is 0 Å². The summed E-state index contributed by atoms with van der Waals surface area (Å²) < 4.78 is 0. The predicted molar refractivity (Wildman–Crippen MR) is 46.7 cm³/mol. The average Bonchev–Trinajstić information content (AvgIpc) is 2.08. The summed E-state index contributed by atoms with van der Waals surface area (Å²) in [6, 6.07) is 3.41. The van der Waals surface area contributed by atoms with Crippen LogP contribution >= 0.6 is 0 Å². The molecule has 0 atom stereocenters. The maximum atomic E-state index is 10.3. The molecule has 0 aliphatic heterocycles. The van der Waals surface area contributed by atoms with Gasteiger partial charge in [-0.25, -0.2) is 9.78 Å². The fourth-order valence-corrected chi connectivity index (χ4v) is 0.975. The van der Waals surface area contributed by atoms with E-state index >= 15 is 0 Å². The molecule has 5 nitrogen and oxygen atoms in total. The Morgan fingerprint density at radius 3 is 3.00 bits per heavy atom. The van der Waals surface area contributed by atoms with Crippen molar-refractivity contribution in [1.29, 1.82) is 0 Å². The molecule has 0 aromatic carbocycles. The number of anilines is 1. The highest BCUT2D eigenvalue weighted by Gasteiger charge is 2.04. The van der Waals surface area contributed by atoms with Crippen LogP contribution in [0.3, 0.4) is 0 Å². The summed E-state index contributed by atoms with van der Waals surface area (Å²) in [6.45, 7) is -0.0278. The first kappa shape index (κ1) is 9.47. The third kappa shape index (κ3) is 2.72. The number of carboxylic acid groups (broad SMARTS) is 1. The van der Waals surface area contributed by atoms with Crippen molar-refractivity contribution in [2.75, 3.05) is 11.9 Å². The number of pyridine rings is 1. The van der Waals surface area contributed by atoms with Crippen LogP contribution in [-0.2, 0) is 6.42 Å². The van der Waals surface area contributed by atoms with Crippen molar-refractivity contribution in [2.45, 2.75) is 6.42 Å². The number of carbonyl (C=O) groups is 1. The van der Waals surface area contributed by atoms with Gasteiger partial charge in [0.1, 0.15) is 5.82 Å². The smallest absolute Gasteiger partial charge is 0.410 e. The molecule has 0 saturated heterocycles. The number of nitrogens with zero attached hydrogens (tertiary/aromatic N) is 1. The lowest BCUT2D eigenvalue weighted by Gasteiger charge is -2.05. The summed E-state index contributed by atoms with van der Waals surface area (Å²) in [5.74, 6) is 0.282. The van der Waals surface area contributed by atoms with Crippen molar-refractivity contribution < 1.29 is 15.0 Å². The van der Waals surface area contributed by atoms with Gasteiger partial charge in [0.2, 0.25) is 0 Å². The van der Waals surface area contributed by atoms with E-state index in [9.17, 15) is 4.79 Å². The molecule has 0 radical (unpaired) electrons. The van der Waals surface area contributed by atoms with Crippen molar-refractivity contribution in [2.24, 2.45) is 0 Å². The molecule has 0 aliphatic carbocycles. The number of aliphatic hydroxyl groups is 1. The summed E-state index contributed by atoms with van der Waals surface area (Å²) in [6.07, 6.45) is 0.730. The largest absolute Gasteiger partial charge is 0.465 e. The van der Waals surface area contributed by atoms with Gasteiger partial charge >= 0.3 is 6.09 Å². The summed E-state index contributed by atoms with van der Waals surface area (Å²) in [5, 5.41) is 19.3. The normalized spacial score (nSPS) is 9.62. The summed E-state index contributed by atoms with van der Waals surface area (Å²) in [7, 11) is 0. The van der Waals surface area contributed by atoms with Crippen LogP contribution in [0.5, 0.6) is 0 Å². The van der Waals surface area contributed by atoms with Gasteiger partial charge in [0.05, 0.1) is 0 Å². The zero-order chi connectivity index (χ0) is 9.68. The van der Waals surface area contributed by atoms with Crippen LogP contribution in [0, 0.1) is 0 Å². The Kier molecular flexibility index (Phi) is 3.22. The van der Waals surface area contributed by atoms with Gasteiger partial charge in [-0.15, -0.1) is 0 Å². The van der Waals surface area contributed by atoms with Crippen LogP contribution in [0.15, 0.2) is 18.3 Å². The van der Waals surface area contributed by atoms with Crippen LogP contribution < -0.4 is 5.32 Å². The SMILES string of the molecule is O=C(O)Nc1ncccc1CCO. The molecular formula is C8H10N2O3. The first-order valence-electron chi connectivity index (χ1n) is 3.78. The molecule has 0 aliphatic rings. The lowest BCUT2D eigenvalue weighted by molar-refractivity contribution is 0.209. The Morgan fingerprint density at radius 2 is 2.38 bits per heavy atom. The number of aromatic nitrogens is 1. The molecule has 1 rings (SSSR count). The van der Waals surface area contributed by atoms with E-state index in [1.54, 1.807) is 12.1 Å². The predicted octanol–water partition coefficient (Wildman–Crippen LogP) is 0.706. The fourth-order valence-electron chi connectivity index (χ4n) is 0.975. The number of hydrogen-bond acceptors (Lipinski definition) is 3. The number of nitrogens with one attached hydrogen (secondary N) is 1. The Hall–Kier alpha value is -1.62. The second-order valence-electron chi connectivity index (χ2n) is 2.41. The molecule has 1 heterocycles. The first-order valence-corrected chi connectivity index (χ1v) is 3.78. The van der Waals surface area contributed by atoms with Crippen molar-refractivity contribution in [3.05, 3.63) is 23.9 Å². The minimum atomic E-state index is -1.15. The molecule has 1 aromatic rings. The Balaban J connectivity index is 2.84. The molecular weight excluding hydrogens is 172 g/mol. The lowest BCUT2D eigenvalue weighted by atomic mass is 10.2. The number of rotatable bonds is 3. The molecule has 0 saturated carbocycles. The van der Waals surface area contributed by atoms with Crippen molar-refractivity contribution in [3.8, 4) is 0 Å². The molecule has 1 amide bonds. The van der Waals surface area contributed by atoms with Gasteiger partial charge in [-0.3, -0.25) is 5.32 Å². The Bertz CT molecular complexity index is 301. The first-order chi connectivity index (χ1) is 6.24. The highest BCUT2D eigenvalue weighted by Crippen LogP contribution is 2.11. The van der Waals surface area contributed by atoms with E-state index in [1.807, 2.05) is 0 Å². The lowest BCUT2D eigenvalue weighted by Crippen LogP contribution is -2.11. The van der Waals surface area contributed by atoms with Crippen molar-refractivity contribution in [1.82, 2.24) is 4.98 Å². The fraction of sp³-hybridized carbons (Fsp3) is 0.250. The number of amides is 1. The Morgan fingerprint density at radius 1 is 1.62 bits per heavy atom. The summed E-state index contributed by atoms with van der Waals surface area (Å²) in [4.78, 5) is 14.1. The Labute approximate surface area is 75.0 Å². The maximum absolute atomic E-state index is 10.3. The van der Waals surface area contributed by atoms with Gasteiger partial charge in [-0.1, -0.05) is 6.07 Å². The van der Waals surface area contributed by atoms with Gasteiger partial charge in [0, 0.05) is 12.8 Å². The van der Waals surface area contributed by atoms with E-state index in [4.69, 9.17) is 10.2 Å². The monoisotopic (exact) mass is 182 g/mol. The molecule has 5 heteroatoms. The zero-order valence-corrected chi connectivity index (χ0v) is 6.90. The van der Waals surface area contributed by atoms with Gasteiger partial charge < -0.3 is 10.2 Å². The molecule has 0 unspecified atom stereocenters. The molecule has 1 aromatic heterocycles. The van der Waals surface area contributed by atoms with Crippen LogP contribution in [-0.4, -0.2) is 27.9 Å². The topological polar surface area (TPSA) is 82.5 Å². The van der Waals surface area contributed by atoms with E-state index in [0.29, 0.717) is 12.0 Å². The molecule has 70 valence electrons. The maximum Gasteiger partial charge on any atom is 0.410 e. The van der Waals surface area contributed by atoms with Crippen molar-refractivity contribution in [3.63, 3.8) is 0 Å². The van der Waals surface area contributed by atoms with Crippen LogP contribution in [0.2, 0.25) is 0 Å². The van der Waals surface area contributed by atoms with E-state index in [2.05, 4.69) is 10.3 Å². The van der Waals surface area contributed by atoms with Gasteiger partial charge in [-0.05, 0) is 18.1 Å². The van der Waals surface area contributed by atoms with E-state index in [0.717, 1.165) is 0 Å². The molecule has 0 spiro atoms. The quantitative estimate of drug-likeness (QED) is 0.642.